The SMILES string of the molecule is O=C(CCn1ccc(=O)[nH]c1=O)N[C@@H]1COCC[C@H]1O. The van der Waals surface area contributed by atoms with Crippen molar-refractivity contribution in [2.24, 2.45) is 0 Å². The molecule has 1 aromatic rings. The molecule has 0 bridgehead atoms. The minimum atomic E-state index is -0.608. The van der Waals surface area contributed by atoms with Crippen LogP contribution in [0, 0.1) is 0 Å². The zero-order valence-electron chi connectivity index (χ0n) is 10.9. The van der Waals surface area contributed by atoms with Gasteiger partial charge in [-0.3, -0.25) is 14.6 Å². The van der Waals surface area contributed by atoms with E-state index >= 15 is 0 Å². The van der Waals surface area contributed by atoms with Gasteiger partial charge in [-0.1, -0.05) is 0 Å². The van der Waals surface area contributed by atoms with Crippen LogP contribution >= 0.6 is 0 Å². The summed E-state index contributed by atoms with van der Waals surface area (Å²) in [5.41, 5.74) is -1.02. The van der Waals surface area contributed by atoms with Crippen LogP contribution in [0.25, 0.3) is 0 Å². The van der Waals surface area contributed by atoms with Crippen LogP contribution < -0.4 is 16.6 Å². The van der Waals surface area contributed by atoms with Crippen LogP contribution in [0.15, 0.2) is 21.9 Å². The molecule has 110 valence electrons. The Morgan fingerprint density at radius 1 is 1.55 bits per heavy atom. The minimum absolute atomic E-state index is 0.0785. The summed E-state index contributed by atoms with van der Waals surface area (Å²) in [5.74, 6) is -0.280. The van der Waals surface area contributed by atoms with Crippen molar-refractivity contribution in [2.45, 2.75) is 31.5 Å². The van der Waals surface area contributed by atoms with Gasteiger partial charge in [-0.2, -0.15) is 0 Å². The zero-order valence-corrected chi connectivity index (χ0v) is 10.9. The number of nitrogens with zero attached hydrogens (tertiary/aromatic N) is 1. The average molecular weight is 283 g/mol. The number of rotatable bonds is 4. The van der Waals surface area contributed by atoms with Crippen molar-refractivity contribution in [2.75, 3.05) is 13.2 Å². The molecule has 2 rings (SSSR count). The molecule has 1 aromatic heterocycles. The molecule has 2 heterocycles. The number of hydrogen-bond donors (Lipinski definition) is 3. The van der Waals surface area contributed by atoms with Crippen molar-refractivity contribution in [3.05, 3.63) is 33.1 Å². The van der Waals surface area contributed by atoms with E-state index in [0.717, 1.165) is 0 Å². The van der Waals surface area contributed by atoms with Gasteiger partial charge >= 0.3 is 5.69 Å². The van der Waals surface area contributed by atoms with Crippen LogP contribution in [-0.2, 0) is 16.1 Å². The number of carbonyl (C=O) groups is 1. The Hall–Kier alpha value is -1.93. The van der Waals surface area contributed by atoms with Crippen molar-refractivity contribution in [1.82, 2.24) is 14.9 Å². The predicted molar refractivity (Wildman–Crippen MR) is 69.3 cm³/mol. The third-order valence-electron chi connectivity index (χ3n) is 3.14. The molecule has 8 heteroatoms. The lowest BCUT2D eigenvalue weighted by Crippen LogP contribution is -2.49. The van der Waals surface area contributed by atoms with Crippen molar-refractivity contribution >= 4 is 5.91 Å². The van der Waals surface area contributed by atoms with Gasteiger partial charge in [-0.25, -0.2) is 4.79 Å². The molecule has 1 amide bonds. The molecule has 20 heavy (non-hydrogen) atoms. The Labute approximate surface area is 114 Å². The van der Waals surface area contributed by atoms with Gasteiger partial charge in [0, 0.05) is 31.8 Å². The summed E-state index contributed by atoms with van der Waals surface area (Å²) >= 11 is 0. The number of amides is 1. The van der Waals surface area contributed by atoms with Crippen LogP contribution in [0.1, 0.15) is 12.8 Å². The maximum absolute atomic E-state index is 11.7. The number of nitrogens with one attached hydrogen (secondary N) is 2. The van der Waals surface area contributed by atoms with Gasteiger partial charge in [-0.05, 0) is 6.42 Å². The third kappa shape index (κ3) is 3.78. The second kappa shape index (κ2) is 6.49. The average Bonchev–Trinajstić information content (AvgIpc) is 2.40. The Kier molecular flexibility index (Phi) is 4.70. The maximum atomic E-state index is 11.7. The van der Waals surface area contributed by atoms with E-state index in [2.05, 4.69) is 10.3 Å². The van der Waals surface area contributed by atoms with Crippen LogP contribution in [-0.4, -0.2) is 45.9 Å². The lowest BCUT2D eigenvalue weighted by atomic mass is 10.1. The monoisotopic (exact) mass is 283 g/mol. The van der Waals surface area contributed by atoms with Crippen LogP contribution in [0.3, 0.4) is 0 Å². The van der Waals surface area contributed by atoms with Crippen LogP contribution in [0.4, 0.5) is 0 Å². The van der Waals surface area contributed by atoms with Gasteiger partial charge in [0.25, 0.3) is 5.56 Å². The molecule has 0 aromatic carbocycles. The molecule has 0 aliphatic carbocycles. The lowest BCUT2D eigenvalue weighted by molar-refractivity contribution is -0.124. The number of aliphatic hydroxyl groups is 1. The highest BCUT2D eigenvalue weighted by Crippen LogP contribution is 2.07. The van der Waals surface area contributed by atoms with E-state index in [-0.39, 0.29) is 25.5 Å². The summed E-state index contributed by atoms with van der Waals surface area (Å²) in [4.78, 5) is 36.2. The fourth-order valence-electron chi connectivity index (χ4n) is 1.99. The number of carbonyl (C=O) groups excluding carboxylic acids is 1. The topological polar surface area (TPSA) is 113 Å². The van der Waals surface area contributed by atoms with E-state index in [1.807, 2.05) is 0 Å². The Morgan fingerprint density at radius 3 is 3.05 bits per heavy atom. The normalized spacial score (nSPS) is 22.4. The highest BCUT2D eigenvalue weighted by molar-refractivity contribution is 5.76. The van der Waals surface area contributed by atoms with Crippen LogP contribution in [0.2, 0.25) is 0 Å². The van der Waals surface area contributed by atoms with Crippen molar-refractivity contribution < 1.29 is 14.6 Å². The van der Waals surface area contributed by atoms with E-state index in [0.29, 0.717) is 13.0 Å². The molecule has 0 saturated carbocycles. The number of aromatic amines is 1. The molecule has 1 aliphatic heterocycles. The van der Waals surface area contributed by atoms with Gasteiger partial charge in [-0.15, -0.1) is 0 Å². The van der Waals surface area contributed by atoms with E-state index in [1.54, 1.807) is 0 Å². The van der Waals surface area contributed by atoms with Gasteiger partial charge in [0.1, 0.15) is 0 Å². The first-order valence-electron chi connectivity index (χ1n) is 6.41. The fourth-order valence-corrected chi connectivity index (χ4v) is 1.99. The van der Waals surface area contributed by atoms with Gasteiger partial charge in [0.15, 0.2) is 0 Å². The number of aliphatic hydroxyl groups excluding tert-OH is 1. The molecule has 0 radical (unpaired) electrons. The number of aromatic nitrogens is 2. The van der Waals surface area contributed by atoms with Crippen molar-refractivity contribution in [1.29, 1.82) is 0 Å². The molecule has 1 aliphatic rings. The van der Waals surface area contributed by atoms with Gasteiger partial charge < -0.3 is 19.7 Å². The standard InChI is InChI=1S/C12H17N3O5/c16-9-3-6-20-7-8(9)13-10(17)1-4-15-5-2-11(18)14-12(15)19/h2,5,8-9,16H,1,3-4,6-7H2,(H,13,17)(H,14,18,19)/t8-,9-/m1/s1. The summed E-state index contributed by atoms with van der Waals surface area (Å²) in [5, 5.41) is 12.4. The zero-order chi connectivity index (χ0) is 14.5. The van der Waals surface area contributed by atoms with Crippen molar-refractivity contribution in [3.8, 4) is 0 Å². The first-order chi connectivity index (χ1) is 9.56. The Bertz CT molecular complexity index is 579. The summed E-state index contributed by atoms with van der Waals surface area (Å²) in [6.07, 6.45) is 1.30. The second-order valence-corrected chi connectivity index (χ2v) is 4.66. The fraction of sp³-hybridized carbons (Fsp3) is 0.583. The first-order valence-corrected chi connectivity index (χ1v) is 6.41. The molecule has 0 unspecified atom stereocenters. The molecule has 1 fully saturated rings. The third-order valence-corrected chi connectivity index (χ3v) is 3.14. The second-order valence-electron chi connectivity index (χ2n) is 4.66. The van der Waals surface area contributed by atoms with E-state index in [1.165, 1.54) is 16.8 Å². The first kappa shape index (κ1) is 14.5. The van der Waals surface area contributed by atoms with Gasteiger partial charge in [0.05, 0.1) is 18.8 Å². The summed E-state index contributed by atoms with van der Waals surface area (Å²) in [6.45, 7) is 0.928. The molecular weight excluding hydrogens is 266 g/mol. The van der Waals surface area contributed by atoms with Crippen LogP contribution in [0.5, 0.6) is 0 Å². The maximum Gasteiger partial charge on any atom is 0.328 e. The molecular formula is C12H17N3O5. The molecule has 8 nitrogen and oxygen atoms in total. The molecule has 2 atom stereocenters. The number of hydrogen-bond acceptors (Lipinski definition) is 5. The minimum Gasteiger partial charge on any atom is -0.391 e. The highest BCUT2D eigenvalue weighted by atomic mass is 16.5. The highest BCUT2D eigenvalue weighted by Gasteiger charge is 2.24. The lowest BCUT2D eigenvalue weighted by Gasteiger charge is -2.28. The Morgan fingerprint density at radius 2 is 2.35 bits per heavy atom. The molecule has 0 spiro atoms. The molecule has 1 saturated heterocycles. The van der Waals surface area contributed by atoms with E-state index in [9.17, 15) is 19.5 Å². The predicted octanol–water partition coefficient (Wildman–Crippen LogP) is -1.81. The van der Waals surface area contributed by atoms with Crippen molar-refractivity contribution in [3.63, 3.8) is 0 Å². The summed E-state index contributed by atoms with van der Waals surface area (Å²) in [7, 11) is 0. The molecule has 3 N–H and O–H groups in total. The van der Waals surface area contributed by atoms with E-state index < -0.39 is 23.4 Å². The van der Waals surface area contributed by atoms with E-state index in [4.69, 9.17) is 4.74 Å². The van der Waals surface area contributed by atoms with Gasteiger partial charge in [0.2, 0.25) is 5.91 Å². The smallest absolute Gasteiger partial charge is 0.328 e. The quantitative estimate of drug-likeness (QED) is 0.603. The number of aryl methyl sites for hydroxylation is 1. The number of ether oxygens (including phenoxy) is 1. The number of H-pyrrole nitrogens is 1. The largest absolute Gasteiger partial charge is 0.391 e. The summed E-state index contributed by atoms with van der Waals surface area (Å²) in [6, 6.07) is 0.807. The Balaban J connectivity index is 1.85. The summed E-state index contributed by atoms with van der Waals surface area (Å²) < 4.78 is 6.42.